The fraction of sp³-hybridized carbons (Fsp3) is 0.238. The van der Waals surface area contributed by atoms with Gasteiger partial charge in [-0.1, -0.05) is 30.3 Å². The first-order chi connectivity index (χ1) is 12.2. The van der Waals surface area contributed by atoms with Crippen LogP contribution >= 0.6 is 0 Å². The summed E-state index contributed by atoms with van der Waals surface area (Å²) in [5.41, 5.74) is 1.84. The third-order valence-electron chi connectivity index (χ3n) is 4.58. The van der Waals surface area contributed by atoms with E-state index in [2.05, 4.69) is 0 Å². The number of carbonyl (C=O) groups excluding carboxylic acids is 1. The van der Waals surface area contributed by atoms with E-state index in [9.17, 15) is 9.59 Å². The van der Waals surface area contributed by atoms with E-state index in [0.717, 1.165) is 35.8 Å². The molecule has 1 fully saturated rings. The smallest absolute Gasteiger partial charge is 0.336 e. The molecule has 0 saturated heterocycles. The van der Waals surface area contributed by atoms with Crippen molar-refractivity contribution < 1.29 is 13.9 Å². The molecule has 0 bridgehead atoms. The van der Waals surface area contributed by atoms with Crippen LogP contribution in [0.25, 0.3) is 22.1 Å². The highest BCUT2D eigenvalue weighted by atomic mass is 16.5. The number of benzene rings is 2. The largest absolute Gasteiger partial charge is 0.483 e. The number of carbonyl (C=O) groups is 1. The zero-order valence-electron chi connectivity index (χ0n) is 13.7. The Morgan fingerprint density at radius 3 is 2.60 bits per heavy atom. The molecular weight excluding hydrogens is 316 g/mol. The summed E-state index contributed by atoms with van der Waals surface area (Å²) in [4.78, 5) is 23.9. The predicted molar refractivity (Wildman–Crippen MR) is 95.8 cm³/mol. The number of ether oxygens (including phenoxy) is 1. The molecule has 0 amide bonds. The van der Waals surface area contributed by atoms with Crippen molar-refractivity contribution in [3.63, 3.8) is 0 Å². The maximum Gasteiger partial charge on any atom is 0.336 e. The highest BCUT2D eigenvalue weighted by Crippen LogP contribution is 2.30. The third-order valence-corrected chi connectivity index (χ3v) is 4.58. The average Bonchev–Trinajstić information content (AvgIpc) is 2.63. The van der Waals surface area contributed by atoms with Crippen LogP contribution in [0.5, 0.6) is 5.75 Å². The van der Waals surface area contributed by atoms with Crippen molar-refractivity contribution in [1.82, 2.24) is 0 Å². The van der Waals surface area contributed by atoms with Gasteiger partial charge in [0.25, 0.3) is 0 Å². The Hall–Kier alpha value is -2.88. The van der Waals surface area contributed by atoms with E-state index in [1.807, 2.05) is 42.5 Å². The Balaban J connectivity index is 1.74. The topological polar surface area (TPSA) is 56.5 Å². The molecule has 1 saturated carbocycles. The van der Waals surface area contributed by atoms with Crippen LogP contribution in [-0.2, 0) is 4.79 Å². The molecule has 1 heterocycles. The molecule has 25 heavy (non-hydrogen) atoms. The van der Waals surface area contributed by atoms with Gasteiger partial charge in [0.1, 0.15) is 11.3 Å². The lowest BCUT2D eigenvalue weighted by Gasteiger charge is -2.21. The normalized spacial score (nSPS) is 17.6. The number of ketones is 1. The van der Waals surface area contributed by atoms with Crippen molar-refractivity contribution in [2.75, 3.05) is 0 Å². The first-order valence-corrected chi connectivity index (χ1v) is 8.53. The average molecular weight is 334 g/mol. The summed E-state index contributed by atoms with van der Waals surface area (Å²) >= 11 is 0. The Morgan fingerprint density at radius 2 is 1.80 bits per heavy atom. The monoisotopic (exact) mass is 334 g/mol. The van der Waals surface area contributed by atoms with Crippen LogP contribution in [-0.4, -0.2) is 11.9 Å². The molecule has 1 aliphatic rings. The summed E-state index contributed by atoms with van der Waals surface area (Å²) in [5, 5.41) is 0.841. The molecule has 1 atom stereocenters. The van der Waals surface area contributed by atoms with Gasteiger partial charge >= 0.3 is 5.63 Å². The highest BCUT2D eigenvalue weighted by molar-refractivity contribution is 5.93. The van der Waals surface area contributed by atoms with Crippen molar-refractivity contribution in [2.45, 2.75) is 31.8 Å². The van der Waals surface area contributed by atoms with Crippen molar-refractivity contribution in [3.05, 3.63) is 65.0 Å². The molecule has 0 radical (unpaired) electrons. The molecule has 4 rings (SSSR count). The number of fused-ring (bicyclic) bond motifs is 1. The van der Waals surface area contributed by atoms with E-state index in [0.29, 0.717) is 17.8 Å². The molecule has 2 aromatic carbocycles. The van der Waals surface area contributed by atoms with E-state index in [1.165, 1.54) is 6.07 Å². The van der Waals surface area contributed by atoms with E-state index in [1.54, 1.807) is 6.07 Å². The summed E-state index contributed by atoms with van der Waals surface area (Å²) in [5.74, 6) is 0.701. The van der Waals surface area contributed by atoms with Crippen LogP contribution in [0.2, 0.25) is 0 Å². The maximum absolute atomic E-state index is 12.0. The third kappa shape index (κ3) is 3.20. The molecular formula is C21H18O4. The summed E-state index contributed by atoms with van der Waals surface area (Å²) in [6.45, 7) is 0. The predicted octanol–water partition coefficient (Wildman–Crippen LogP) is 4.35. The van der Waals surface area contributed by atoms with Gasteiger partial charge in [-0.25, -0.2) is 4.79 Å². The van der Waals surface area contributed by atoms with Crippen molar-refractivity contribution in [3.8, 4) is 16.9 Å². The maximum atomic E-state index is 12.0. The van der Waals surface area contributed by atoms with Gasteiger partial charge in [-0.15, -0.1) is 0 Å². The molecule has 0 unspecified atom stereocenters. The van der Waals surface area contributed by atoms with E-state index >= 15 is 0 Å². The standard InChI is InChI=1S/C21H18O4/c22-18-8-4-5-9-19(18)24-15-10-11-16-17(14-6-2-1-3-7-14)13-21(23)25-20(16)12-15/h1-3,6-7,10-13,19H,4-5,8-9H2/t19-/m1/s1. The van der Waals surface area contributed by atoms with Gasteiger partial charge in [-0.05, 0) is 42.5 Å². The zero-order chi connectivity index (χ0) is 17.2. The molecule has 3 aromatic rings. The van der Waals surface area contributed by atoms with Crippen molar-refractivity contribution >= 4 is 16.8 Å². The number of rotatable bonds is 3. The Labute approximate surface area is 145 Å². The van der Waals surface area contributed by atoms with Crippen LogP contribution in [0.4, 0.5) is 0 Å². The Bertz CT molecular complexity index is 972. The molecule has 1 aliphatic carbocycles. The van der Waals surface area contributed by atoms with Gasteiger partial charge in [-0.3, -0.25) is 4.79 Å². The second-order valence-electron chi connectivity index (χ2n) is 6.32. The lowest BCUT2D eigenvalue weighted by Crippen LogP contribution is -2.30. The quantitative estimate of drug-likeness (QED) is 0.668. The SMILES string of the molecule is O=C1CCCC[C@H]1Oc1ccc2c(-c3ccccc3)cc(=O)oc2c1. The van der Waals surface area contributed by atoms with Crippen LogP contribution < -0.4 is 10.4 Å². The summed E-state index contributed by atoms with van der Waals surface area (Å²) in [6, 6.07) is 16.6. The zero-order valence-corrected chi connectivity index (χ0v) is 13.7. The van der Waals surface area contributed by atoms with E-state index < -0.39 is 11.7 Å². The Kier molecular flexibility index (Phi) is 4.10. The molecule has 0 aliphatic heterocycles. The van der Waals surface area contributed by atoms with Crippen LogP contribution in [0.3, 0.4) is 0 Å². The molecule has 4 nitrogen and oxygen atoms in total. The number of hydrogen-bond acceptors (Lipinski definition) is 4. The van der Waals surface area contributed by atoms with Gasteiger partial charge in [-0.2, -0.15) is 0 Å². The first-order valence-electron chi connectivity index (χ1n) is 8.53. The molecule has 126 valence electrons. The second-order valence-corrected chi connectivity index (χ2v) is 6.32. The summed E-state index contributed by atoms with van der Waals surface area (Å²) in [6.07, 6.45) is 2.86. The lowest BCUT2D eigenvalue weighted by atomic mass is 9.96. The minimum absolute atomic E-state index is 0.144. The van der Waals surface area contributed by atoms with Gasteiger partial charge in [0.2, 0.25) is 0 Å². The van der Waals surface area contributed by atoms with Crippen LogP contribution in [0, 0.1) is 0 Å². The van der Waals surface area contributed by atoms with Gasteiger partial charge in [0.15, 0.2) is 11.9 Å². The lowest BCUT2D eigenvalue weighted by molar-refractivity contribution is -0.127. The minimum Gasteiger partial charge on any atom is -0.483 e. The van der Waals surface area contributed by atoms with E-state index in [-0.39, 0.29) is 5.78 Å². The fourth-order valence-corrected chi connectivity index (χ4v) is 3.31. The van der Waals surface area contributed by atoms with Crippen LogP contribution in [0.1, 0.15) is 25.7 Å². The van der Waals surface area contributed by atoms with E-state index in [4.69, 9.17) is 9.15 Å². The molecule has 0 spiro atoms. The molecule has 0 N–H and O–H groups in total. The first kappa shape index (κ1) is 15.6. The van der Waals surface area contributed by atoms with Gasteiger partial charge in [0, 0.05) is 23.9 Å². The van der Waals surface area contributed by atoms with Gasteiger partial charge < -0.3 is 9.15 Å². The van der Waals surface area contributed by atoms with Crippen molar-refractivity contribution in [2.24, 2.45) is 0 Å². The highest BCUT2D eigenvalue weighted by Gasteiger charge is 2.24. The second kappa shape index (κ2) is 6.55. The molecule has 4 heteroatoms. The van der Waals surface area contributed by atoms with Gasteiger partial charge in [0.05, 0.1) is 0 Å². The summed E-state index contributed by atoms with van der Waals surface area (Å²) in [7, 11) is 0. The number of Topliss-reactive ketones (excluding diaryl/α,β-unsaturated/α-hetero) is 1. The Morgan fingerprint density at radius 1 is 0.960 bits per heavy atom. The van der Waals surface area contributed by atoms with Crippen molar-refractivity contribution in [1.29, 1.82) is 0 Å². The fourth-order valence-electron chi connectivity index (χ4n) is 3.31. The summed E-state index contributed by atoms with van der Waals surface area (Å²) < 4.78 is 11.2. The van der Waals surface area contributed by atoms with Crippen LogP contribution in [0.15, 0.2) is 63.8 Å². The molecule has 1 aromatic heterocycles. The number of hydrogen-bond donors (Lipinski definition) is 0. The minimum atomic E-state index is -0.405.